The van der Waals surface area contributed by atoms with Gasteiger partial charge in [0.15, 0.2) is 0 Å². The molecule has 0 radical (unpaired) electrons. The second-order valence-electron chi connectivity index (χ2n) is 4.41. The summed E-state index contributed by atoms with van der Waals surface area (Å²) in [5, 5.41) is 3.21. The zero-order valence-corrected chi connectivity index (χ0v) is 9.88. The van der Waals surface area contributed by atoms with Crippen molar-refractivity contribution in [1.29, 1.82) is 0 Å². The molecule has 2 rings (SSSR count). The van der Waals surface area contributed by atoms with Crippen LogP contribution in [0.4, 0.5) is 5.69 Å². The second kappa shape index (κ2) is 4.23. The van der Waals surface area contributed by atoms with E-state index in [1.165, 1.54) is 29.8 Å². The summed E-state index contributed by atoms with van der Waals surface area (Å²) in [5.41, 5.74) is 4.35. The lowest BCUT2D eigenvalue weighted by Crippen LogP contribution is -2.14. The van der Waals surface area contributed by atoms with Crippen LogP contribution in [-0.2, 0) is 6.54 Å². The van der Waals surface area contributed by atoms with Gasteiger partial charge in [0.2, 0.25) is 0 Å². The first-order valence-electron chi connectivity index (χ1n) is 5.74. The largest absolute Gasteiger partial charge is 0.374 e. The second-order valence-corrected chi connectivity index (χ2v) is 4.41. The summed E-state index contributed by atoms with van der Waals surface area (Å²) in [6.45, 7) is 4.42. The van der Waals surface area contributed by atoms with Crippen LogP contribution in [0.5, 0.6) is 0 Å². The van der Waals surface area contributed by atoms with E-state index in [1.54, 1.807) is 0 Å². The van der Waals surface area contributed by atoms with Crippen molar-refractivity contribution in [1.82, 2.24) is 5.32 Å². The van der Waals surface area contributed by atoms with Crippen LogP contribution in [0.3, 0.4) is 0 Å². The zero-order chi connectivity index (χ0) is 10.8. The molecule has 1 aliphatic rings. The fraction of sp³-hybridized carbons (Fsp3) is 0.538. The fourth-order valence-electron chi connectivity index (χ4n) is 2.47. The monoisotopic (exact) mass is 204 g/mol. The number of nitrogens with zero attached hydrogens (tertiary/aromatic N) is 1. The molecule has 0 bridgehead atoms. The molecule has 1 atom stereocenters. The topological polar surface area (TPSA) is 15.3 Å². The predicted octanol–water partition coefficient (Wildman–Crippen LogP) is 2.35. The smallest absolute Gasteiger partial charge is 0.0400 e. The highest BCUT2D eigenvalue weighted by molar-refractivity contribution is 5.60. The average Bonchev–Trinajstić information content (AvgIpc) is 2.56. The maximum Gasteiger partial charge on any atom is 0.0400 e. The number of hydrogen-bond acceptors (Lipinski definition) is 2. The van der Waals surface area contributed by atoms with E-state index in [9.17, 15) is 0 Å². The van der Waals surface area contributed by atoms with Gasteiger partial charge in [-0.05, 0) is 30.7 Å². The third kappa shape index (κ3) is 1.86. The van der Waals surface area contributed by atoms with Crippen molar-refractivity contribution in [2.45, 2.75) is 25.8 Å². The molecule has 1 heterocycles. The van der Waals surface area contributed by atoms with Crippen molar-refractivity contribution >= 4 is 5.69 Å². The van der Waals surface area contributed by atoms with Gasteiger partial charge in [-0.25, -0.2) is 0 Å². The van der Waals surface area contributed by atoms with Crippen LogP contribution < -0.4 is 10.2 Å². The molecule has 0 spiro atoms. The van der Waals surface area contributed by atoms with Gasteiger partial charge in [-0.15, -0.1) is 0 Å². The lowest BCUT2D eigenvalue weighted by Gasteiger charge is -2.12. The number of rotatable bonds is 3. The number of likely N-dealkylation sites (N-methyl/N-ethyl adjacent to an activating group) is 1. The quantitative estimate of drug-likeness (QED) is 0.813. The molecule has 1 unspecified atom stereocenters. The summed E-state index contributed by atoms with van der Waals surface area (Å²) in [4.78, 5) is 2.37. The Hall–Kier alpha value is -1.02. The van der Waals surface area contributed by atoms with Gasteiger partial charge in [-0.3, -0.25) is 0 Å². The lowest BCUT2D eigenvalue weighted by atomic mass is 9.97. The lowest BCUT2D eigenvalue weighted by molar-refractivity contribution is 0.694. The van der Waals surface area contributed by atoms with Crippen molar-refractivity contribution in [3.05, 3.63) is 29.3 Å². The molecule has 0 fully saturated rings. The number of benzene rings is 1. The Balaban J connectivity index is 2.33. The molecule has 0 amide bonds. The summed E-state index contributed by atoms with van der Waals surface area (Å²) in [7, 11) is 4.18. The first-order valence-corrected chi connectivity index (χ1v) is 5.74. The molecule has 1 aliphatic heterocycles. The maximum absolute atomic E-state index is 3.21. The number of anilines is 1. The predicted molar refractivity (Wildman–Crippen MR) is 65.5 cm³/mol. The molecule has 15 heavy (non-hydrogen) atoms. The van der Waals surface area contributed by atoms with Gasteiger partial charge in [0.05, 0.1) is 0 Å². The van der Waals surface area contributed by atoms with E-state index >= 15 is 0 Å². The number of nitrogens with one attached hydrogen (secondary N) is 1. The van der Waals surface area contributed by atoms with Crippen LogP contribution in [0.25, 0.3) is 0 Å². The first kappa shape index (κ1) is 10.5. The van der Waals surface area contributed by atoms with Gasteiger partial charge in [0.1, 0.15) is 0 Å². The van der Waals surface area contributed by atoms with E-state index in [2.05, 4.69) is 42.4 Å². The summed E-state index contributed by atoms with van der Waals surface area (Å²) in [6, 6.07) is 6.85. The van der Waals surface area contributed by atoms with E-state index in [4.69, 9.17) is 0 Å². The molecule has 1 aromatic rings. The van der Waals surface area contributed by atoms with E-state index in [1.807, 2.05) is 7.05 Å². The minimum absolute atomic E-state index is 0.724. The highest BCUT2D eigenvalue weighted by atomic mass is 15.1. The van der Waals surface area contributed by atoms with Crippen molar-refractivity contribution in [3.8, 4) is 0 Å². The molecule has 0 saturated carbocycles. The Morgan fingerprint density at radius 2 is 2.27 bits per heavy atom. The maximum atomic E-state index is 3.21. The van der Waals surface area contributed by atoms with Crippen molar-refractivity contribution in [2.75, 3.05) is 25.5 Å². The fourth-order valence-corrected chi connectivity index (χ4v) is 2.47. The van der Waals surface area contributed by atoms with Crippen LogP contribution in [-0.4, -0.2) is 20.6 Å². The zero-order valence-electron chi connectivity index (χ0n) is 9.88. The van der Waals surface area contributed by atoms with Crippen LogP contribution in [0.2, 0.25) is 0 Å². The molecular weight excluding hydrogens is 184 g/mol. The third-order valence-electron chi connectivity index (χ3n) is 3.31. The molecule has 82 valence electrons. The minimum Gasteiger partial charge on any atom is -0.374 e. The van der Waals surface area contributed by atoms with Crippen molar-refractivity contribution in [2.24, 2.45) is 0 Å². The van der Waals surface area contributed by atoms with Crippen LogP contribution >= 0.6 is 0 Å². The van der Waals surface area contributed by atoms with E-state index < -0.39 is 0 Å². The molecule has 1 aromatic carbocycles. The Bertz CT molecular complexity index is 346. The Kier molecular flexibility index (Phi) is 2.96. The van der Waals surface area contributed by atoms with Gasteiger partial charge in [0, 0.05) is 31.7 Å². The molecule has 0 aliphatic carbocycles. The molecule has 2 nitrogen and oxygen atoms in total. The van der Waals surface area contributed by atoms with Crippen LogP contribution in [0.15, 0.2) is 18.2 Å². The summed E-state index contributed by atoms with van der Waals surface area (Å²) >= 11 is 0. The van der Waals surface area contributed by atoms with Gasteiger partial charge in [-0.1, -0.05) is 19.1 Å². The number of hydrogen-bond donors (Lipinski definition) is 1. The first-order chi connectivity index (χ1) is 7.26. The third-order valence-corrected chi connectivity index (χ3v) is 3.31. The van der Waals surface area contributed by atoms with Crippen molar-refractivity contribution < 1.29 is 0 Å². The van der Waals surface area contributed by atoms with E-state index in [0.717, 1.165) is 12.5 Å². The molecule has 1 N–H and O–H groups in total. The Morgan fingerprint density at radius 3 is 2.93 bits per heavy atom. The molecule has 0 aromatic heterocycles. The van der Waals surface area contributed by atoms with Crippen LogP contribution in [0.1, 0.15) is 30.4 Å². The van der Waals surface area contributed by atoms with Crippen molar-refractivity contribution in [3.63, 3.8) is 0 Å². The van der Waals surface area contributed by atoms with Gasteiger partial charge < -0.3 is 10.2 Å². The highest BCUT2D eigenvalue weighted by Crippen LogP contribution is 2.37. The molecule has 2 heteroatoms. The Labute approximate surface area is 92.3 Å². The summed E-state index contributed by atoms with van der Waals surface area (Å²) in [5.74, 6) is 0.724. The van der Waals surface area contributed by atoms with E-state index in [-0.39, 0.29) is 0 Å². The van der Waals surface area contributed by atoms with E-state index in [0.29, 0.717) is 0 Å². The van der Waals surface area contributed by atoms with Gasteiger partial charge >= 0.3 is 0 Å². The average molecular weight is 204 g/mol. The summed E-state index contributed by atoms with van der Waals surface area (Å²) in [6.07, 6.45) is 1.24. The Morgan fingerprint density at radius 1 is 1.47 bits per heavy atom. The summed E-state index contributed by atoms with van der Waals surface area (Å²) < 4.78 is 0. The highest BCUT2D eigenvalue weighted by Gasteiger charge is 2.24. The van der Waals surface area contributed by atoms with Gasteiger partial charge in [-0.2, -0.15) is 0 Å². The molecular formula is C13H20N2. The minimum atomic E-state index is 0.724. The SMILES string of the molecule is CCC1CN(C)c2ccc(CNC)cc21. The standard InChI is InChI=1S/C13H20N2/c1-4-11-9-15(3)13-6-5-10(8-14-2)7-12(11)13/h5-7,11,14H,4,8-9H2,1-3H3. The normalized spacial score (nSPS) is 19.4. The van der Waals surface area contributed by atoms with Crippen LogP contribution in [0, 0.1) is 0 Å². The van der Waals surface area contributed by atoms with Gasteiger partial charge in [0.25, 0.3) is 0 Å². The molecule has 0 saturated heterocycles. The number of fused-ring (bicyclic) bond motifs is 1.